The van der Waals surface area contributed by atoms with Crippen molar-refractivity contribution in [3.8, 4) is 0 Å². The van der Waals surface area contributed by atoms with Gasteiger partial charge in [-0.1, -0.05) is 24.3 Å². The molecule has 1 aliphatic heterocycles. The number of carbonyl (C=O) groups is 2. The lowest BCUT2D eigenvalue weighted by Crippen LogP contribution is -2.32. The number of nitrogens with one attached hydrogen (secondary N) is 2. The van der Waals surface area contributed by atoms with Gasteiger partial charge in [-0.15, -0.1) is 0 Å². The van der Waals surface area contributed by atoms with Crippen molar-refractivity contribution in [1.82, 2.24) is 14.5 Å². The van der Waals surface area contributed by atoms with Gasteiger partial charge in [-0.2, -0.15) is 11.8 Å². The summed E-state index contributed by atoms with van der Waals surface area (Å²) in [6.45, 7) is 3.51. The van der Waals surface area contributed by atoms with Crippen LogP contribution in [0.3, 0.4) is 0 Å². The normalized spacial score (nSPS) is 14.1. The summed E-state index contributed by atoms with van der Waals surface area (Å²) in [5.41, 5.74) is 3.04. The minimum atomic E-state index is -0.193. The molecule has 0 bridgehead atoms. The molecule has 1 saturated heterocycles. The maximum atomic E-state index is 12.9. The van der Waals surface area contributed by atoms with Gasteiger partial charge in [0, 0.05) is 73.4 Å². The summed E-state index contributed by atoms with van der Waals surface area (Å²) in [5.74, 6) is 1.99. The highest BCUT2D eigenvalue weighted by Crippen LogP contribution is 2.21. The zero-order valence-corrected chi connectivity index (χ0v) is 18.7. The number of nitrogens with zero attached hydrogens (tertiary/aromatic N) is 3. The molecular weight excluding hydrogens is 422 g/mol. The number of hydrogen-bond donors (Lipinski definition) is 2. The lowest BCUT2D eigenvalue weighted by molar-refractivity contribution is -0.116. The van der Waals surface area contributed by atoms with Gasteiger partial charge in [0.2, 0.25) is 5.91 Å². The van der Waals surface area contributed by atoms with E-state index >= 15 is 0 Å². The highest BCUT2D eigenvalue weighted by molar-refractivity contribution is 7.99. The van der Waals surface area contributed by atoms with Crippen LogP contribution in [-0.4, -0.2) is 50.9 Å². The van der Waals surface area contributed by atoms with Crippen molar-refractivity contribution in [2.24, 2.45) is 0 Å². The van der Waals surface area contributed by atoms with Crippen LogP contribution in [0.4, 0.5) is 11.4 Å². The first-order valence-corrected chi connectivity index (χ1v) is 11.9. The zero-order chi connectivity index (χ0) is 22.2. The second-order valence-electron chi connectivity index (χ2n) is 7.68. The molecule has 3 aromatic rings. The standard InChI is InChI=1S/C24H27N5O2S/c30-23(8-10-29-11-9-25-18-29)26-21-6-3-5-19(16-21)24(31)27-22-7-2-1-4-20(22)17-28-12-14-32-15-13-28/h1-7,9,11,16,18H,8,10,12-15,17H2,(H,26,30)(H,27,31). The number of thioether (sulfide) groups is 1. The van der Waals surface area contributed by atoms with Crippen LogP contribution < -0.4 is 10.6 Å². The van der Waals surface area contributed by atoms with Crippen molar-refractivity contribution in [2.75, 3.05) is 35.2 Å². The van der Waals surface area contributed by atoms with Gasteiger partial charge >= 0.3 is 0 Å². The maximum absolute atomic E-state index is 12.9. The van der Waals surface area contributed by atoms with E-state index in [0.717, 1.165) is 42.4 Å². The van der Waals surface area contributed by atoms with E-state index in [0.29, 0.717) is 24.2 Å². The van der Waals surface area contributed by atoms with E-state index in [1.807, 2.05) is 40.7 Å². The van der Waals surface area contributed by atoms with Gasteiger partial charge in [-0.05, 0) is 29.8 Å². The van der Waals surface area contributed by atoms with Crippen LogP contribution in [0.1, 0.15) is 22.3 Å². The second kappa shape index (κ2) is 11.0. The van der Waals surface area contributed by atoms with Gasteiger partial charge in [-0.3, -0.25) is 14.5 Å². The fourth-order valence-corrected chi connectivity index (χ4v) is 4.56. The Kier molecular flexibility index (Phi) is 7.58. The van der Waals surface area contributed by atoms with Gasteiger partial charge in [0.05, 0.1) is 6.33 Å². The molecule has 2 N–H and O–H groups in total. The fraction of sp³-hybridized carbons (Fsp3) is 0.292. The third-order valence-corrected chi connectivity index (χ3v) is 6.27. The summed E-state index contributed by atoms with van der Waals surface area (Å²) in [6, 6.07) is 15.0. The predicted octanol–water partition coefficient (Wildman–Crippen LogP) is 3.71. The minimum Gasteiger partial charge on any atom is -0.337 e. The highest BCUT2D eigenvalue weighted by atomic mass is 32.2. The van der Waals surface area contributed by atoms with Crippen LogP contribution >= 0.6 is 11.8 Å². The summed E-state index contributed by atoms with van der Waals surface area (Å²) in [7, 11) is 0. The molecule has 4 rings (SSSR count). The van der Waals surface area contributed by atoms with Crippen molar-refractivity contribution in [1.29, 1.82) is 0 Å². The molecule has 0 radical (unpaired) electrons. The van der Waals surface area contributed by atoms with Crippen molar-refractivity contribution < 1.29 is 9.59 Å². The number of para-hydroxylation sites is 1. The van der Waals surface area contributed by atoms with Crippen LogP contribution in [-0.2, 0) is 17.9 Å². The van der Waals surface area contributed by atoms with E-state index in [9.17, 15) is 9.59 Å². The molecule has 2 aromatic carbocycles. The number of hydrogen-bond acceptors (Lipinski definition) is 5. The minimum absolute atomic E-state index is 0.110. The molecule has 1 aromatic heterocycles. The predicted molar refractivity (Wildman–Crippen MR) is 129 cm³/mol. The number of benzene rings is 2. The fourth-order valence-electron chi connectivity index (χ4n) is 3.59. The number of aromatic nitrogens is 2. The highest BCUT2D eigenvalue weighted by Gasteiger charge is 2.15. The van der Waals surface area contributed by atoms with Gasteiger partial charge in [-0.25, -0.2) is 4.98 Å². The average Bonchev–Trinajstić information content (AvgIpc) is 3.34. The van der Waals surface area contributed by atoms with Gasteiger partial charge in [0.25, 0.3) is 5.91 Å². The molecule has 8 heteroatoms. The number of amides is 2. The van der Waals surface area contributed by atoms with Crippen LogP contribution in [0.5, 0.6) is 0 Å². The molecule has 0 unspecified atom stereocenters. The van der Waals surface area contributed by atoms with Crippen molar-refractivity contribution in [2.45, 2.75) is 19.5 Å². The van der Waals surface area contributed by atoms with E-state index in [-0.39, 0.29) is 11.8 Å². The smallest absolute Gasteiger partial charge is 0.255 e. The van der Waals surface area contributed by atoms with E-state index in [1.54, 1.807) is 36.8 Å². The number of rotatable bonds is 8. The molecule has 0 saturated carbocycles. The molecule has 0 atom stereocenters. The Labute approximate surface area is 192 Å². The maximum Gasteiger partial charge on any atom is 0.255 e. The van der Waals surface area contributed by atoms with Crippen molar-refractivity contribution in [3.05, 3.63) is 78.4 Å². The van der Waals surface area contributed by atoms with E-state index in [1.165, 1.54) is 0 Å². The topological polar surface area (TPSA) is 79.3 Å². The Morgan fingerprint density at radius 2 is 1.88 bits per heavy atom. The number of anilines is 2. The molecule has 1 fully saturated rings. The molecule has 2 amide bonds. The number of carbonyl (C=O) groups excluding carboxylic acids is 2. The molecule has 1 aliphatic rings. The molecule has 32 heavy (non-hydrogen) atoms. The first-order valence-electron chi connectivity index (χ1n) is 10.7. The van der Waals surface area contributed by atoms with Crippen LogP contribution in [0.2, 0.25) is 0 Å². The lowest BCUT2D eigenvalue weighted by Gasteiger charge is -2.27. The molecule has 0 spiro atoms. The van der Waals surface area contributed by atoms with Gasteiger partial charge in [0.15, 0.2) is 0 Å². The first kappa shape index (κ1) is 22.1. The number of aryl methyl sites for hydroxylation is 1. The quantitative estimate of drug-likeness (QED) is 0.548. The Balaban J connectivity index is 1.37. The van der Waals surface area contributed by atoms with Crippen molar-refractivity contribution >= 4 is 35.0 Å². The van der Waals surface area contributed by atoms with Gasteiger partial charge in [0.1, 0.15) is 0 Å². The van der Waals surface area contributed by atoms with Crippen LogP contribution in [0.25, 0.3) is 0 Å². The molecule has 166 valence electrons. The lowest BCUT2D eigenvalue weighted by atomic mass is 10.1. The van der Waals surface area contributed by atoms with Gasteiger partial charge < -0.3 is 15.2 Å². The van der Waals surface area contributed by atoms with E-state index in [4.69, 9.17) is 0 Å². The summed E-state index contributed by atoms with van der Waals surface area (Å²) in [6.07, 6.45) is 5.51. The van der Waals surface area contributed by atoms with Crippen LogP contribution in [0.15, 0.2) is 67.3 Å². The van der Waals surface area contributed by atoms with Crippen LogP contribution in [0, 0.1) is 0 Å². The molecule has 7 nitrogen and oxygen atoms in total. The Morgan fingerprint density at radius 3 is 2.69 bits per heavy atom. The third-order valence-electron chi connectivity index (χ3n) is 5.33. The Bertz CT molecular complexity index is 1050. The second-order valence-corrected chi connectivity index (χ2v) is 8.90. The molecule has 0 aliphatic carbocycles. The average molecular weight is 450 g/mol. The van der Waals surface area contributed by atoms with Crippen molar-refractivity contribution in [3.63, 3.8) is 0 Å². The monoisotopic (exact) mass is 449 g/mol. The summed E-state index contributed by atoms with van der Waals surface area (Å²) < 4.78 is 1.85. The van der Waals surface area contributed by atoms with E-state index in [2.05, 4.69) is 26.6 Å². The summed E-state index contributed by atoms with van der Waals surface area (Å²) in [5, 5.41) is 5.91. The first-order chi connectivity index (χ1) is 15.7. The zero-order valence-electron chi connectivity index (χ0n) is 17.9. The number of imidazole rings is 1. The summed E-state index contributed by atoms with van der Waals surface area (Å²) in [4.78, 5) is 31.6. The Hall–Kier alpha value is -3.10. The Morgan fingerprint density at radius 1 is 1.03 bits per heavy atom. The SMILES string of the molecule is O=C(CCn1ccnc1)Nc1cccc(C(=O)Nc2ccccc2CN2CCSCC2)c1. The van der Waals surface area contributed by atoms with E-state index < -0.39 is 0 Å². The molecule has 2 heterocycles. The summed E-state index contributed by atoms with van der Waals surface area (Å²) >= 11 is 1.98. The largest absolute Gasteiger partial charge is 0.337 e. The molecular formula is C24H27N5O2S. The third kappa shape index (κ3) is 6.21.